The van der Waals surface area contributed by atoms with Crippen LogP contribution in [-0.4, -0.2) is 25.7 Å². The van der Waals surface area contributed by atoms with E-state index in [2.05, 4.69) is 33.8 Å². The molecule has 4 nitrogen and oxygen atoms in total. The molecule has 0 saturated carbocycles. The highest BCUT2D eigenvalue weighted by Crippen LogP contribution is 2.10. The van der Waals surface area contributed by atoms with Crippen molar-refractivity contribution in [3.63, 3.8) is 0 Å². The Labute approximate surface area is 132 Å². The molecule has 0 atom stereocenters. The molecule has 0 spiro atoms. The maximum atomic E-state index is 5.48. The molecule has 19 heavy (non-hydrogen) atoms. The van der Waals surface area contributed by atoms with Crippen molar-refractivity contribution >= 4 is 29.9 Å². The third kappa shape index (κ3) is 5.36. The van der Waals surface area contributed by atoms with Crippen LogP contribution in [0.1, 0.15) is 24.5 Å². The largest absolute Gasteiger partial charge is 0.377 e. The second-order valence-corrected chi connectivity index (χ2v) is 4.27. The summed E-state index contributed by atoms with van der Waals surface area (Å²) in [5.41, 5.74) is 2.50. The monoisotopic (exact) mass is 375 g/mol. The molecule has 0 bridgehead atoms. The van der Waals surface area contributed by atoms with Crippen LogP contribution in [0.25, 0.3) is 0 Å². The molecule has 0 aliphatic carbocycles. The number of aliphatic imine (C=N–C) groups is 1. The minimum absolute atomic E-state index is 0. The van der Waals surface area contributed by atoms with Gasteiger partial charge in [-0.3, -0.25) is 4.99 Å². The minimum atomic E-state index is 0. The molecule has 2 rings (SSSR count). The van der Waals surface area contributed by atoms with Crippen molar-refractivity contribution in [1.82, 2.24) is 10.6 Å². The second-order valence-electron chi connectivity index (χ2n) is 4.27. The van der Waals surface area contributed by atoms with E-state index in [1.165, 1.54) is 11.1 Å². The van der Waals surface area contributed by atoms with Gasteiger partial charge in [-0.2, -0.15) is 0 Å². The quantitative estimate of drug-likeness (QED) is 0.777. The number of halogens is 1. The number of hydrogen-bond donors (Lipinski definition) is 2. The Balaban J connectivity index is 0.00000180. The Hall–Kier alpha value is -0.820. The smallest absolute Gasteiger partial charge is 0.191 e. The van der Waals surface area contributed by atoms with E-state index in [0.29, 0.717) is 6.61 Å². The lowest BCUT2D eigenvalue weighted by Crippen LogP contribution is -2.40. The van der Waals surface area contributed by atoms with Crippen molar-refractivity contribution in [2.45, 2.75) is 26.5 Å². The highest BCUT2D eigenvalue weighted by Gasteiger charge is 2.05. The second kappa shape index (κ2) is 9.14. The lowest BCUT2D eigenvalue weighted by molar-refractivity contribution is 0.133. The first-order valence-corrected chi connectivity index (χ1v) is 6.57. The molecule has 2 N–H and O–H groups in total. The van der Waals surface area contributed by atoms with Crippen LogP contribution in [0.5, 0.6) is 0 Å². The molecule has 1 aromatic rings. The molecule has 0 aromatic heterocycles. The van der Waals surface area contributed by atoms with Crippen LogP contribution in [-0.2, 0) is 17.9 Å². The number of guanidine groups is 1. The van der Waals surface area contributed by atoms with Crippen molar-refractivity contribution in [1.29, 1.82) is 0 Å². The maximum Gasteiger partial charge on any atom is 0.191 e. The topological polar surface area (TPSA) is 45.6 Å². The van der Waals surface area contributed by atoms with Crippen LogP contribution in [0.2, 0.25) is 0 Å². The summed E-state index contributed by atoms with van der Waals surface area (Å²) < 4.78 is 5.48. The van der Waals surface area contributed by atoms with Gasteiger partial charge in [0.1, 0.15) is 0 Å². The van der Waals surface area contributed by atoms with Crippen LogP contribution >= 0.6 is 24.0 Å². The van der Waals surface area contributed by atoms with Crippen molar-refractivity contribution in [2.24, 2.45) is 4.99 Å². The summed E-state index contributed by atoms with van der Waals surface area (Å²) in [6.07, 6.45) is 1.12. The average Bonchev–Trinajstić information content (AvgIpc) is 2.45. The van der Waals surface area contributed by atoms with Crippen molar-refractivity contribution in [2.75, 3.05) is 19.7 Å². The van der Waals surface area contributed by atoms with Gasteiger partial charge in [-0.1, -0.05) is 24.3 Å². The van der Waals surface area contributed by atoms with E-state index in [-0.39, 0.29) is 24.0 Å². The summed E-state index contributed by atoms with van der Waals surface area (Å²) in [4.78, 5) is 4.40. The Kier molecular flexibility index (Phi) is 7.81. The number of nitrogens with zero attached hydrogens (tertiary/aromatic N) is 1. The van der Waals surface area contributed by atoms with E-state index in [0.717, 1.165) is 38.6 Å². The van der Waals surface area contributed by atoms with Gasteiger partial charge in [0.05, 0.1) is 6.61 Å². The zero-order chi connectivity index (χ0) is 12.6. The van der Waals surface area contributed by atoms with Gasteiger partial charge >= 0.3 is 0 Å². The van der Waals surface area contributed by atoms with E-state index in [1.54, 1.807) is 0 Å². The summed E-state index contributed by atoms with van der Waals surface area (Å²) >= 11 is 0. The molecule has 0 amide bonds. The third-order valence-electron chi connectivity index (χ3n) is 2.92. The van der Waals surface area contributed by atoms with Crippen LogP contribution in [0.3, 0.4) is 0 Å². The van der Waals surface area contributed by atoms with Crippen LogP contribution < -0.4 is 10.6 Å². The SMILES string of the molecule is CCOCc1ccccc1CNC1=NCCCN1.I. The molecular formula is C14H22IN3O. The van der Waals surface area contributed by atoms with Gasteiger partial charge in [0.2, 0.25) is 0 Å². The number of hydrogen-bond acceptors (Lipinski definition) is 4. The fourth-order valence-electron chi connectivity index (χ4n) is 1.91. The predicted octanol–water partition coefficient (Wildman–Crippen LogP) is 2.28. The summed E-state index contributed by atoms with van der Waals surface area (Å²) in [7, 11) is 0. The number of ether oxygens (including phenoxy) is 1. The molecule has 0 unspecified atom stereocenters. The van der Waals surface area contributed by atoms with Crippen molar-refractivity contribution in [3.05, 3.63) is 35.4 Å². The molecule has 1 heterocycles. The van der Waals surface area contributed by atoms with Crippen molar-refractivity contribution in [3.8, 4) is 0 Å². The van der Waals surface area contributed by atoms with Gasteiger partial charge in [-0.15, -0.1) is 24.0 Å². The van der Waals surface area contributed by atoms with Crippen molar-refractivity contribution < 1.29 is 4.74 Å². The first-order chi connectivity index (χ1) is 8.90. The summed E-state index contributed by atoms with van der Waals surface area (Å²) in [5, 5.41) is 6.60. The molecule has 0 radical (unpaired) electrons. The highest BCUT2D eigenvalue weighted by molar-refractivity contribution is 14.0. The Morgan fingerprint density at radius 1 is 1.32 bits per heavy atom. The minimum Gasteiger partial charge on any atom is -0.377 e. The summed E-state index contributed by atoms with van der Waals surface area (Å²) in [6.45, 7) is 6.14. The van der Waals surface area contributed by atoms with Crippen LogP contribution in [0.4, 0.5) is 0 Å². The average molecular weight is 375 g/mol. The van der Waals surface area contributed by atoms with Gasteiger partial charge in [-0.05, 0) is 24.5 Å². The predicted molar refractivity (Wildman–Crippen MR) is 88.9 cm³/mol. The molecular weight excluding hydrogens is 353 g/mol. The van der Waals surface area contributed by atoms with Crippen LogP contribution in [0, 0.1) is 0 Å². The van der Waals surface area contributed by atoms with Gasteiger partial charge < -0.3 is 15.4 Å². The fourth-order valence-corrected chi connectivity index (χ4v) is 1.91. The highest BCUT2D eigenvalue weighted by atomic mass is 127. The zero-order valence-electron chi connectivity index (χ0n) is 11.3. The van der Waals surface area contributed by atoms with Crippen LogP contribution in [0.15, 0.2) is 29.3 Å². The van der Waals surface area contributed by atoms with E-state index >= 15 is 0 Å². The first-order valence-electron chi connectivity index (χ1n) is 6.57. The Bertz CT molecular complexity index is 409. The number of benzene rings is 1. The fraction of sp³-hybridized carbons (Fsp3) is 0.500. The van der Waals surface area contributed by atoms with Gasteiger partial charge in [0.25, 0.3) is 0 Å². The van der Waals surface area contributed by atoms with E-state index in [4.69, 9.17) is 4.74 Å². The molecule has 1 aliphatic rings. The molecule has 1 aliphatic heterocycles. The summed E-state index contributed by atoms with van der Waals surface area (Å²) in [5.74, 6) is 0.910. The zero-order valence-corrected chi connectivity index (χ0v) is 13.6. The molecule has 0 fully saturated rings. The van der Waals surface area contributed by atoms with E-state index in [9.17, 15) is 0 Å². The van der Waals surface area contributed by atoms with E-state index < -0.39 is 0 Å². The Morgan fingerprint density at radius 2 is 2.11 bits per heavy atom. The standard InChI is InChI=1S/C14H21N3O.HI/c1-2-18-11-13-7-4-3-6-12(13)10-17-14-15-8-5-9-16-14;/h3-4,6-7H,2,5,8-11H2,1H3,(H2,15,16,17);1H. The normalized spacial score (nSPS) is 14.1. The molecule has 0 saturated heterocycles. The van der Waals surface area contributed by atoms with Gasteiger partial charge in [0, 0.05) is 26.2 Å². The number of rotatable bonds is 5. The first kappa shape index (κ1) is 16.2. The molecule has 1 aromatic carbocycles. The molecule has 5 heteroatoms. The maximum absolute atomic E-state index is 5.48. The number of nitrogens with one attached hydrogen (secondary N) is 2. The lowest BCUT2D eigenvalue weighted by atomic mass is 10.1. The Morgan fingerprint density at radius 3 is 2.79 bits per heavy atom. The van der Waals surface area contributed by atoms with Gasteiger partial charge in [0.15, 0.2) is 5.96 Å². The summed E-state index contributed by atoms with van der Waals surface area (Å²) in [6, 6.07) is 8.35. The van der Waals surface area contributed by atoms with E-state index in [1.807, 2.05) is 13.0 Å². The van der Waals surface area contributed by atoms with Gasteiger partial charge in [-0.25, -0.2) is 0 Å². The lowest BCUT2D eigenvalue weighted by Gasteiger charge is -2.17. The molecule has 106 valence electrons. The third-order valence-corrected chi connectivity index (χ3v) is 2.92.